The molecular formula is C16H25N3. The van der Waals surface area contributed by atoms with Crippen molar-refractivity contribution in [3.63, 3.8) is 0 Å². The molecule has 3 nitrogen and oxygen atoms in total. The van der Waals surface area contributed by atoms with E-state index in [-0.39, 0.29) is 0 Å². The van der Waals surface area contributed by atoms with Crippen LogP contribution in [0.15, 0.2) is 18.2 Å². The van der Waals surface area contributed by atoms with E-state index in [9.17, 15) is 0 Å². The van der Waals surface area contributed by atoms with E-state index in [2.05, 4.69) is 34.9 Å². The summed E-state index contributed by atoms with van der Waals surface area (Å²) in [6.07, 6.45) is 3.95. The standard InChI is InChI=1S/C16H25N3/c1-13-4-2-5-14-6-3-7-15(16(13)14)19-10-8-18(12-17)9-11-19/h3,6-7,13H,2,4-5,8-12,17H2,1H3. The summed E-state index contributed by atoms with van der Waals surface area (Å²) in [5.74, 6) is 0.715. The fourth-order valence-electron chi connectivity index (χ4n) is 3.58. The molecule has 0 radical (unpaired) electrons. The topological polar surface area (TPSA) is 32.5 Å². The van der Waals surface area contributed by atoms with Gasteiger partial charge in [0, 0.05) is 38.5 Å². The molecule has 19 heavy (non-hydrogen) atoms. The molecule has 0 aromatic heterocycles. The molecule has 1 saturated heterocycles. The molecule has 1 aromatic rings. The van der Waals surface area contributed by atoms with Crippen molar-refractivity contribution in [3.8, 4) is 0 Å². The Hall–Kier alpha value is -1.06. The van der Waals surface area contributed by atoms with Crippen molar-refractivity contribution in [2.24, 2.45) is 5.73 Å². The number of nitrogens with two attached hydrogens (primary N) is 1. The highest BCUT2D eigenvalue weighted by molar-refractivity contribution is 5.59. The predicted molar refractivity (Wildman–Crippen MR) is 80.6 cm³/mol. The van der Waals surface area contributed by atoms with E-state index in [1.165, 1.54) is 24.9 Å². The first kappa shape index (κ1) is 12.9. The molecule has 2 N–H and O–H groups in total. The minimum absolute atomic E-state index is 0.692. The van der Waals surface area contributed by atoms with Gasteiger partial charge in [-0.1, -0.05) is 19.1 Å². The average molecular weight is 259 g/mol. The summed E-state index contributed by atoms with van der Waals surface area (Å²) >= 11 is 0. The first-order valence-electron chi connectivity index (χ1n) is 7.58. The number of benzene rings is 1. The third-order valence-corrected chi connectivity index (χ3v) is 4.72. The summed E-state index contributed by atoms with van der Waals surface area (Å²) in [7, 11) is 0. The number of rotatable bonds is 2. The van der Waals surface area contributed by atoms with Gasteiger partial charge in [0.1, 0.15) is 0 Å². The molecule has 2 aliphatic rings. The van der Waals surface area contributed by atoms with Gasteiger partial charge in [-0.25, -0.2) is 0 Å². The maximum Gasteiger partial charge on any atom is 0.0456 e. The second-order valence-corrected chi connectivity index (χ2v) is 5.93. The molecular weight excluding hydrogens is 234 g/mol. The average Bonchev–Trinajstić information content (AvgIpc) is 2.47. The van der Waals surface area contributed by atoms with Crippen LogP contribution in [0.1, 0.15) is 36.8 Å². The predicted octanol–water partition coefficient (Wildman–Crippen LogP) is 2.16. The molecule has 1 heterocycles. The van der Waals surface area contributed by atoms with Gasteiger partial charge in [0.25, 0.3) is 0 Å². The maximum atomic E-state index is 5.73. The summed E-state index contributed by atoms with van der Waals surface area (Å²) in [4.78, 5) is 4.89. The van der Waals surface area contributed by atoms with Crippen LogP contribution in [-0.2, 0) is 6.42 Å². The van der Waals surface area contributed by atoms with Crippen LogP contribution in [0.2, 0.25) is 0 Å². The Morgan fingerprint density at radius 1 is 1.21 bits per heavy atom. The lowest BCUT2D eigenvalue weighted by atomic mass is 9.82. The van der Waals surface area contributed by atoms with Crippen molar-refractivity contribution in [1.29, 1.82) is 0 Å². The SMILES string of the molecule is CC1CCCc2cccc(N3CCN(CN)CC3)c21. The number of anilines is 1. The molecule has 1 aliphatic heterocycles. The molecule has 0 saturated carbocycles. The Labute approximate surface area is 116 Å². The van der Waals surface area contributed by atoms with Gasteiger partial charge in [0.05, 0.1) is 0 Å². The van der Waals surface area contributed by atoms with Gasteiger partial charge in [0.15, 0.2) is 0 Å². The zero-order valence-corrected chi connectivity index (χ0v) is 11.9. The van der Waals surface area contributed by atoms with Crippen LogP contribution in [0.25, 0.3) is 0 Å². The lowest BCUT2D eigenvalue weighted by Crippen LogP contribution is -2.48. The molecule has 0 amide bonds. The third-order valence-electron chi connectivity index (χ3n) is 4.72. The van der Waals surface area contributed by atoms with Crippen LogP contribution in [0, 0.1) is 0 Å². The fourth-order valence-corrected chi connectivity index (χ4v) is 3.58. The molecule has 1 aromatic carbocycles. The van der Waals surface area contributed by atoms with Crippen LogP contribution < -0.4 is 10.6 Å². The van der Waals surface area contributed by atoms with Crippen LogP contribution in [0.4, 0.5) is 5.69 Å². The highest BCUT2D eigenvalue weighted by Crippen LogP contribution is 2.38. The zero-order chi connectivity index (χ0) is 13.2. The monoisotopic (exact) mass is 259 g/mol. The van der Waals surface area contributed by atoms with Crippen LogP contribution >= 0.6 is 0 Å². The minimum atomic E-state index is 0.692. The summed E-state index contributed by atoms with van der Waals surface area (Å²) in [5, 5.41) is 0. The quantitative estimate of drug-likeness (QED) is 0.883. The summed E-state index contributed by atoms with van der Waals surface area (Å²) < 4.78 is 0. The van der Waals surface area contributed by atoms with Gasteiger partial charge in [-0.2, -0.15) is 0 Å². The number of piperazine rings is 1. The third kappa shape index (κ3) is 2.49. The van der Waals surface area contributed by atoms with E-state index < -0.39 is 0 Å². The van der Waals surface area contributed by atoms with E-state index >= 15 is 0 Å². The van der Waals surface area contributed by atoms with Crippen molar-refractivity contribution < 1.29 is 0 Å². The Balaban J connectivity index is 1.85. The molecule has 3 heteroatoms. The van der Waals surface area contributed by atoms with E-state index in [0.717, 1.165) is 26.2 Å². The molecule has 0 spiro atoms. The Bertz CT molecular complexity index is 436. The lowest BCUT2D eigenvalue weighted by molar-refractivity contribution is 0.265. The highest BCUT2D eigenvalue weighted by atomic mass is 15.3. The van der Waals surface area contributed by atoms with E-state index in [1.54, 1.807) is 11.1 Å². The van der Waals surface area contributed by atoms with E-state index in [0.29, 0.717) is 12.6 Å². The van der Waals surface area contributed by atoms with Crippen molar-refractivity contribution in [2.75, 3.05) is 37.7 Å². The second-order valence-electron chi connectivity index (χ2n) is 5.93. The number of fused-ring (bicyclic) bond motifs is 1. The van der Waals surface area contributed by atoms with Crippen LogP contribution in [-0.4, -0.2) is 37.7 Å². The first-order valence-corrected chi connectivity index (χ1v) is 7.58. The van der Waals surface area contributed by atoms with Gasteiger partial charge in [0.2, 0.25) is 0 Å². The van der Waals surface area contributed by atoms with Gasteiger partial charge in [-0.05, 0) is 42.4 Å². The molecule has 1 aliphatic carbocycles. The Kier molecular flexibility index (Phi) is 3.76. The van der Waals surface area contributed by atoms with Crippen molar-refractivity contribution >= 4 is 5.69 Å². The number of aryl methyl sites for hydroxylation is 1. The molecule has 1 atom stereocenters. The number of nitrogens with zero attached hydrogens (tertiary/aromatic N) is 2. The second kappa shape index (κ2) is 5.51. The number of hydrogen-bond donors (Lipinski definition) is 1. The Morgan fingerprint density at radius 3 is 2.74 bits per heavy atom. The summed E-state index contributed by atoms with van der Waals surface area (Å²) in [6.45, 7) is 7.48. The molecule has 3 rings (SSSR count). The minimum Gasteiger partial charge on any atom is -0.369 e. The normalized spacial score (nSPS) is 24.3. The summed E-state index contributed by atoms with van der Waals surface area (Å²) in [5.41, 5.74) is 10.4. The van der Waals surface area contributed by atoms with Crippen LogP contribution in [0.3, 0.4) is 0 Å². The lowest BCUT2D eigenvalue weighted by Gasteiger charge is -2.38. The van der Waals surface area contributed by atoms with Gasteiger partial charge in [-0.15, -0.1) is 0 Å². The van der Waals surface area contributed by atoms with Gasteiger partial charge in [-0.3, -0.25) is 4.90 Å². The van der Waals surface area contributed by atoms with Crippen LogP contribution in [0.5, 0.6) is 0 Å². The first-order chi connectivity index (χ1) is 9.29. The molecule has 1 fully saturated rings. The van der Waals surface area contributed by atoms with Crippen molar-refractivity contribution in [1.82, 2.24) is 4.90 Å². The maximum absolute atomic E-state index is 5.73. The van der Waals surface area contributed by atoms with Crippen molar-refractivity contribution in [3.05, 3.63) is 29.3 Å². The molecule has 1 unspecified atom stereocenters. The molecule has 104 valence electrons. The van der Waals surface area contributed by atoms with E-state index in [4.69, 9.17) is 5.73 Å². The van der Waals surface area contributed by atoms with Gasteiger partial charge < -0.3 is 10.6 Å². The van der Waals surface area contributed by atoms with E-state index in [1.807, 2.05) is 0 Å². The number of hydrogen-bond acceptors (Lipinski definition) is 3. The smallest absolute Gasteiger partial charge is 0.0456 e. The van der Waals surface area contributed by atoms with Crippen molar-refractivity contribution in [2.45, 2.75) is 32.1 Å². The summed E-state index contributed by atoms with van der Waals surface area (Å²) in [6, 6.07) is 6.88. The van der Waals surface area contributed by atoms with Gasteiger partial charge >= 0.3 is 0 Å². The largest absolute Gasteiger partial charge is 0.369 e. The highest BCUT2D eigenvalue weighted by Gasteiger charge is 2.24. The zero-order valence-electron chi connectivity index (χ0n) is 11.9. The molecule has 0 bridgehead atoms. The fraction of sp³-hybridized carbons (Fsp3) is 0.625. The Morgan fingerprint density at radius 2 is 2.00 bits per heavy atom.